The Labute approximate surface area is 112 Å². The van der Waals surface area contributed by atoms with Crippen molar-refractivity contribution in [3.63, 3.8) is 0 Å². The molecule has 1 atom stereocenters. The van der Waals surface area contributed by atoms with Crippen LogP contribution in [0.5, 0.6) is 0 Å². The van der Waals surface area contributed by atoms with Crippen molar-refractivity contribution in [2.24, 2.45) is 0 Å². The molecule has 1 N–H and O–H groups in total. The van der Waals surface area contributed by atoms with E-state index in [-0.39, 0.29) is 0 Å². The molecule has 0 saturated heterocycles. The molecule has 0 fully saturated rings. The van der Waals surface area contributed by atoms with Gasteiger partial charge in [0, 0.05) is 6.54 Å². The van der Waals surface area contributed by atoms with Gasteiger partial charge >= 0.3 is 6.18 Å². The number of benzene rings is 1. The minimum atomic E-state index is -4.30. The molecule has 0 aliphatic rings. The Kier molecular flexibility index (Phi) is 6.31. The molecule has 5 heteroatoms. The Balaban J connectivity index is 2.65. The Hall–Kier alpha value is -1.07. The van der Waals surface area contributed by atoms with Gasteiger partial charge in [0.25, 0.3) is 0 Å². The van der Waals surface area contributed by atoms with Crippen molar-refractivity contribution in [3.8, 4) is 0 Å². The lowest BCUT2D eigenvalue weighted by Gasteiger charge is -2.20. The maximum Gasteiger partial charge on any atom is 0.411 e. The molecule has 0 spiro atoms. The monoisotopic (exact) mass is 275 g/mol. The molecule has 2 nitrogen and oxygen atoms in total. The van der Waals surface area contributed by atoms with Crippen LogP contribution in [0.4, 0.5) is 13.2 Å². The van der Waals surface area contributed by atoms with Gasteiger partial charge in [-0.15, -0.1) is 0 Å². The molecule has 1 aromatic rings. The topological polar surface area (TPSA) is 21.3 Å². The van der Waals surface area contributed by atoms with E-state index in [1.54, 1.807) is 0 Å². The van der Waals surface area contributed by atoms with Crippen molar-refractivity contribution in [2.45, 2.75) is 32.5 Å². The summed E-state index contributed by atoms with van der Waals surface area (Å²) in [7, 11) is 0. The summed E-state index contributed by atoms with van der Waals surface area (Å²) in [5, 5.41) is 3.09. The summed E-state index contributed by atoms with van der Waals surface area (Å²) >= 11 is 0. The molecule has 1 rings (SSSR count). The van der Waals surface area contributed by atoms with Crippen molar-refractivity contribution < 1.29 is 17.9 Å². The standard InChI is InChI=1S/C14H20F3NO/c1-3-8-18-9-13(19-10-14(15,16)17)12-6-4-11(2)5-7-12/h4-7,13,18H,3,8-10H2,1-2H3. The van der Waals surface area contributed by atoms with E-state index in [1.807, 2.05) is 38.1 Å². The summed E-state index contributed by atoms with van der Waals surface area (Å²) in [6.07, 6.45) is -3.94. The molecule has 0 amide bonds. The predicted molar refractivity (Wildman–Crippen MR) is 69.1 cm³/mol. The fraction of sp³-hybridized carbons (Fsp3) is 0.571. The van der Waals surface area contributed by atoms with Crippen LogP contribution >= 0.6 is 0 Å². The van der Waals surface area contributed by atoms with Crippen LogP contribution in [-0.4, -0.2) is 25.9 Å². The van der Waals surface area contributed by atoms with E-state index in [4.69, 9.17) is 4.74 Å². The second kappa shape index (κ2) is 7.50. The van der Waals surface area contributed by atoms with Crippen molar-refractivity contribution in [2.75, 3.05) is 19.7 Å². The highest BCUT2D eigenvalue weighted by atomic mass is 19.4. The molecule has 0 bridgehead atoms. The number of rotatable bonds is 7. The largest absolute Gasteiger partial charge is 0.411 e. The van der Waals surface area contributed by atoms with E-state index in [0.717, 1.165) is 24.1 Å². The summed E-state index contributed by atoms with van der Waals surface area (Å²) in [5.74, 6) is 0. The van der Waals surface area contributed by atoms with Gasteiger partial charge in [-0.25, -0.2) is 0 Å². The van der Waals surface area contributed by atoms with Crippen LogP contribution in [0, 0.1) is 6.92 Å². The van der Waals surface area contributed by atoms with Crippen molar-refractivity contribution in [1.29, 1.82) is 0 Å². The fourth-order valence-electron chi connectivity index (χ4n) is 1.66. The van der Waals surface area contributed by atoms with Crippen molar-refractivity contribution >= 4 is 0 Å². The Bertz CT molecular complexity index is 362. The molecular formula is C14H20F3NO. The van der Waals surface area contributed by atoms with E-state index in [0.29, 0.717) is 6.54 Å². The molecule has 0 aliphatic carbocycles. The predicted octanol–water partition coefficient (Wildman–Crippen LogP) is 3.61. The number of halogens is 3. The third-order valence-corrected chi connectivity index (χ3v) is 2.65. The first kappa shape index (κ1) is 16.0. The average molecular weight is 275 g/mol. The van der Waals surface area contributed by atoms with Crippen LogP contribution < -0.4 is 5.32 Å². The molecule has 1 unspecified atom stereocenters. The summed E-state index contributed by atoms with van der Waals surface area (Å²) in [5.41, 5.74) is 1.83. The maximum atomic E-state index is 12.2. The van der Waals surface area contributed by atoms with Gasteiger partial charge in [0.2, 0.25) is 0 Å². The highest BCUT2D eigenvalue weighted by molar-refractivity contribution is 5.23. The van der Waals surface area contributed by atoms with E-state index >= 15 is 0 Å². The van der Waals surface area contributed by atoms with E-state index in [1.165, 1.54) is 0 Å². The number of alkyl halides is 3. The highest BCUT2D eigenvalue weighted by Crippen LogP contribution is 2.22. The van der Waals surface area contributed by atoms with E-state index < -0.39 is 18.9 Å². The third kappa shape index (κ3) is 6.59. The van der Waals surface area contributed by atoms with Crippen LogP contribution in [-0.2, 0) is 4.74 Å². The minimum Gasteiger partial charge on any atom is -0.363 e. The zero-order valence-corrected chi connectivity index (χ0v) is 11.3. The van der Waals surface area contributed by atoms with Gasteiger partial charge in [0.15, 0.2) is 0 Å². The molecule has 1 aromatic carbocycles. The Morgan fingerprint density at radius 2 is 1.84 bits per heavy atom. The van der Waals surface area contributed by atoms with Crippen molar-refractivity contribution in [3.05, 3.63) is 35.4 Å². The van der Waals surface area contributed by atoms with Gasteiger partial charge in [0.1, 0.15) is 6.61 Å². The highest BCUT2D eigenvalue weighted by Gasteiger charge is 2.29. The van der Waals surface area contributed by atoms with Gasteiger partial charge < -0.3 is 10.1 Å². The van der Waals surface area contributed by atoms with Gasteiger partial charge in [-0.1, -0.05) is 36.8 Å². The lowest BCUT2D eigenvalue weighted by molar-refractivity contribution is -0.185. The van der Waals surface area contributed by atoms with Gasteiger partial charge in [0.05, 0.1) is 6.10 Å². The molecule has 0 radical (unpaired) electrons. The van der Waals surface area contributed by atoms with E-state index in [9.17, 15) is 13.2 Å². The molecule has 0 saturated carbocycles. The lowest BCUT2D eigenvalue weighted by Crippen LogP contribution is -2.27. The number of hydrogen-bond donors (Lipinski definition) is 1. The fourth-order valence-corrected chi connectivity index (χ4v) is 1.66. The van der Waals surface area contributed by atoms with Gasteiger partial charge in [-0.2, -0.15) is 13.2 Å². The van der Waals surface area contributed by atoms with Gasteiger partial charge in [-0.05, 0) is 25.5 Å². The summed E-state index contributed by atoms with van der Waals surface area (Å²) < 4.78 is 41.7. The number of hydrogen-bond acceptors (Lipinski definition) is 2. The molecule has 108 valence electrons. The molecule has 0 heterocycles. The summed E-state index contributed by atoms with van der Waals surface area (Å²) in [6, 6.07) is 7.37. The minimum absolute atomic E-state index is 0.382. The van der Waals surface area contributed by atoms with Gasteiger partial charge in [-0.3, -0.25) is 0 Å². The first-order chi connectivity index (χ1) is 8.92. The molecule has 0 aliphatic heterocycles. The number of ether oxygens (including phenoxy) is 1. The first-order valence-electron chi connectivity index (χ1n) is 6.38. The number of nitrogens with one attached hydrogen (secondary N) is 1. The van der Waals surface area contributed by atoms with Crippen LogP contribution in [0.2, 0.25) is 0 Å². The van der Waals surface area contributed by atoms with Crippen LogP contribution in [0.25, 0.3) is 0 Å². The van der Waals surface area contributed by atoms with E-state index in [2.05, 4.69) is 5.32 Å². The zero-order valence-electron chi connectivity index (χ0n) is 11.3. The SMILES string of the molecule is CCCNCC(OCC(F)(F)F)c1ccc(C)cc1. The normalized spacial score (nSPS) is 13.5. The first-order valence-corrected chi connectivity index (χ1v) is 6.38. The maximum absolute atomic E-state index is 12.2. The van der Waals surface area contributed by atoms with Crippen LogP contribution in [0.15, 0.2) is 24.3 Å². The number of aryl methyl sites for hydroxylation is 1. The second-order valence-electron chi connectivity index (χ2n) is 4.53. The van der Waals surface area contributed by atoms with Crippen LogP contribution in [0.1, 0.15) is 30.6 Å². The average Bonchev–Trinajstić information content (AvgIpc) is 2.34. The molecule has 19 heavy (non-hydrogen) atoms. The van der Waals surface area contributed by atoms with Crippen molar-refractivity contribution in [1.82, 2.24) is 5.32 Å². The van der Waals surface area contributed by atoms with Crippen LogP contribution in [0.3, 0.4) is 0 Å². The quantitative estimate of drug-likeness (QED) is 0.767. The third-order valence-electron chi connectivity index (χ3n) is 2.65. The zero-order chi connectivity index (χ0) is 14.3. The summed E-state index contributed by atoms with van der Waals surface area (Å²) in [4.78, 5) is 0. The lowest BCUT2D eigenvalue weighted by atomic mass is 10.1. The summed E-state index contributed by atoms with van der Waals surface area (Å²) in [6.45, 7) is 3.86. The Morgan fingerprint density at radius 1 is 1.21 bits per heavy atom. The molecule has 0 aromatic heterocycles. The smallest absolute Gasteiger partial charge is 0.363 e. The second-order valence-corrected chi connectivity index (χ2v) is 4.53. The Morgan fingerprint density at radius 3 is 2.37 bits per heavy atom. The molecular weight excluding hydrogens is 255 g/mol.